The van der Waals surface area contributed by atoms with E-state index < -0.39 is 0 Å². The fourth-order valence-electron chi connectivity index (χ4n) is 1.49. The predicted octanol–water partition coefficient (Wildman–Crippen LogP) is 1.82. The SMILES string of the molecule is CC(=O)Cc1nc(Cl)c2cccc(O)n12. The van der Waals surface area contributed by atoms with Gasteiger partial charge in [0.15, 0.2) is 11.0 Å². The largest absolute Gasteiger partial charge is 0.494 e. The van der Waals surface area contributed by atoms with Crippen LogP contribution in [-0.2, 0) is 11.2 Å². The molecule has 0 saturated heterocycles. The lowest BCUT2D eigenvalue weighted by Crippen LogP contribution is -2.02. The summed E-state index contributed by atoms with van der Waals surface area (Å²) in [5.41, 5.74) is 0.605. The molecule has 0 spiro atoms. The average molecular weight is 225 g/mol. The second-order valence-corrected chi connectivity index (χ2v) is 3.66. The Morgan fingerprint density at radius 2 is 2.33 bits per heavy atom. The van der Waals surface area contributed by atoms with Gasteiger partial charge >= 0.3 is 0 Å². The molecule has 0 aliphatic carbocycles. The average Bonchev–Trinajstić information content (AvgIpc) is 2.44. The van der Waals surface area contributed by atoms with Gasteiger partial charge in [0.2, 0.25) is 0 Å². The highest BCUT2D eigenvalue weighted by Gasteiger charge is 2.12. The van der Waals surface area contributed by atoms with Crippen LogP contribution in [0.1, 0.15) is 12.7 Å². The molecule has 2 heterocycles. The number of hydrogen-bond acceptors (Lipinski definition) is 3. The Labute approximate surface area is 91.1 Å². The summed E-state index contributed by atoms with van der Waals surface area (Å²) in [4.78, 5) is 15.0. The fourth-order valence-corrected chi connectivity index (χ4v) is 1.74. The van der Waals surface area contributed by atoms with Crippen LogP contribution >= 0.6 is 11.6 Å². The summed E-state index contributed by atoms with van der Waals surface area (Å²) in [7, 11) is 0. The van der Waals surface area contributed by atoms with Gasteiger partial charge < -0.3 is 5.11 Å². The van der Waals surface area contributed by atoms with E-state index in [4.69, 9.17) is 11.6 Å². The molecule has 5 heteroatoms. The Morgan fingerprint density at radius 1 is 1.60 bits per heavy atom. The molecule has 0 aromatic carbocycles. The van der Waals surface area contributed by atoms with Gasteiger partial charge in [-0.3, -0.25) is 9.20 Å². The first-order valence-electron chi connectivity index (χ1n) is 4.44. The zero-order valence-corrected chi connectivity index (χ0v) is 8.82. The first-order chi connectivity index (χ1) is 7.09. The van der Waals surface area contributed by atoms with Crippen LogP contribution in [0.25, 0.3) is 5.52 Å². The van der Waals surface area contributed by atoms with Gasteiger partial charge in [-0.2, -0.15) is 0 Å². The van der Waals surface area contributed by atoms with E-state index in [1.54, 1.807) is 12.1 Å². The molecule has 78 valence electrons. The molecule has 1 N–H and O–H groups in total. The van der Waals surface area contributed by atoms with E-state index in [2.05, 4.69) is 4.98 Å². The van der Waals surface area contributed by atoms with Crippen LogP contribution in [0.15, 0.2) is 18.2 Å². The number of ketones is 1. The Morgan fingerprint density at radius 3 is 3.00 bits per heavy atom. The van der Waals surface area contributed by atoms with Crippen molar-refractivity contribution in [2.75, 3.05) is 0 Å². The van der Waals surface area contributed by atoms with Crippen molar-refractivity contribution in [2.45, 2.75) is 13.3 Å². The molecular formula is C10H9ClN2O2. The van der Waals surface area contributed by atoms with Crippen molar-refractivity contribution in [1.82, 2.24) is 9.38 Å². The summed E-state index contributed by atoms with van der Waals surface area (Å²) in [5.74, 6) is 0.463. The third-order valence-corrected chi connectivity index (χ3v) is 2.35. The minimum absolute atomic E-state index is 0.0261. The van der Waals surface area contributed by atoms with Crippen molar-refractivity contribution < 1.29 is 9.90 Å². The first kappa shape index (κ1) is 9.98. The summed E-state index contributed by atoms with van der Waals surface area (Å²) in [6, 6.07) is 4.93. The number of carbonyl (C=O) groups excluding carboxylic acids is 1. The van der Waals surface area contributed by atoms with E-state index in [0.29, 0.717) is 16.5 Å². The van der Waals surface area contributed by atoms with E-state index >= 15 is 0 Å². The monoisotopic (exact) mass is 224 g/mol. The van der Waals surface area contributed by atoms with Crippen molar-refractivity contribution >= 4 is 22.9 Å². The van der Waals surface area contributed by atoms with E-state index in [9.17, 15) is 9.90 Å². The molecule has 0 amide bonds. The molecule has 0 aliphatic rings. The minimum Gasteiger partial charge on any atom is -0.494 e. The zero-order chi connectivity index (χ0) is 11.0. The standard InChI is InChI=1S/C10H9ClN2O2/c1-6(14)5-8-12-10(11)7-3-2-4-9(15)13(7)8/h2-4,15H,5H2,1H3. The molecule has 2 rings (SSSR count). The van der Waals surface area contributed by atoms with E-state index in [1.807, 2.05) is 0 Å². The van der Waals surface area contributed by atoms with Crippen molar-refractivity contribution in [1.29, 1.82) is 0 Å². The maximum atomic E-state index is 11.0. The van der Waals surface area contributed by atoms with Crippen LogP contribution in [0.5, 0.6) is 5.88 Å². The third kappa shape index (κ3) is 1.68. The first-order valence-corrected chi connectivity index (χ1v) is 4.81. The molecule has 4 nitrogen and oxygen atoms in total. The molecule has 0 radical (unpaired) electrons. The number of aromatic nitrogens is 2. The number of hydrogen-bond donors (Lipinski definition) is 1. The molecule has 0 saturated carbocycles. The molecule has 0 atom stereocenters. The van der Waals surface area contributed by atoms with Gasteiger partial charge in [0.1, 0.15) is 11.6 Å². The lowest BCUT2D eigenvalue weighted by Gasteiger charge is -2.01. The van der Waals surface area contributed by atoms with Gasteiger partial charge in [0.05, 0.1) is 11.9 Å². The highest BCUT2D eigenvalue weighted by Crippen LogP contribution is 2.23. The maximum absolute atomic E-state index is 11.0. The number of carbonyl (C=O) groups is 1. The zero-order valence-electron chi connectivity index (χ0n) is 8.07. The van der Waals surface area contributed by atoms with Crippen LogP contribution in [0, 0.1) is 0 Å². The lowest BCUT2D eigenvalue weighted by atomic mass is 10.3. The van der Waals surface area contributed by atoms with Crippen molar-refractivity contribution in [3.05, 3.63) is 29.2 Å². The quantitative estimate of drug-likeness (QED) is 0.847. The Hall–Kier alpha value is -1.55. The number of Topliss-reactive ketones (excluding diaryl/α,β-unsaturated/α-hetero) is 1. The number of fused-ring (bicyclic) bond motifs is 1. The van der Waals surface area contributed by atoms with E-state index in [-0.39, 0.29) is 18.1 Å². The van der Waals surface area contributed by atoms with E-state index in [1.165, 1.54) is 17.4 Å². The van der Waals surface area contributed by atoms with Crippen molar-refractivity contribution in [3.8, 4) is 5.88 Å². The van der Waals surface area contributed by atoms with Crippen LogP contribution in [0.3, 0.4) is 0 Å². The Balaban J connectivity index is 2.70. The van der Waals surface area contributed by atoms with Gasteiger partial charge in [-0.25, -0.2) is 4.98 Å². The second kappa shape index (κ2) is 3.55. The van der Waals surface area contributed by atoms with Gasteiger partial charge in [-0.1, -0.05) is 17.7 Å². The molecular weight excluding hydrogens is 216 g/mol. The predicted molar refractivity (Wildman–Crippen MR) is 56.3 cm³/mol. The van der Waals surface area contributed by atoms with Crippen LogP contribution < -0.4 is 0 Å². The third-order valence-electron chi connectivity index (χ3n) is 2.07. The summed E-state index contributed by atoms with van der Waals surface area (Å²) in [6.07, 6.45) is 0.158. The highest BCUT2D eigenvalue weighted by molar-refractivity contribution is 6.32. The molecule has 2 aromatic rings. The summed E-state index contributed by atoms with van der Waals surface area (Å²) in [5, 5.41) is 9.92. The minimum atomic E-state index is -0.0261. The highest BCUT2D eigenvalue weighted by atomic mass is 35.5. The number of nitrogens with zero attached hydrogens (tertiary/aromatic N) is 2. The van der Waals surface area contributed by atoms with Crippen LogP contribution in [0.2, 0.25) is 5.15 Å². The topological polar surface area (TPSA) is 54.6 Å². The Kier molecular flexibility index (Phi) is 2.36. The summed E-state index contributed by atoms with van der Waals surface area (Å²) < 4.78 is 1.48. The smallest absolute Gasteiger partial charge is 0.197 e. The second-order valence-electron chi connectivity index (χ2n) is 3.30. The van der Waals surface area contributed by atoms with Gasteiger partial charge in [0.25, 0.3) is 0 Å². The number of pyridine rings is 1. The lowest BCUT2D eigenvalue weighted by molar-refractivity contribution is -0.116. The summed E-state index contributed by atoms with van der Waals surface area (Å²) >= 11 is 5.88. The number of halogens is 1. The fraction of sp³-hybridized carbons (Fsp3) is 0.200. The van der Waals surface area contributed by atoms with Gasteiger partial charge in [0, 0.05) is 0 Å². The summed E-state index contributed by atoms with van der Waals surface area (Å²) in [6.45, 7) is 1.47. The van der Waals surface area contributed by atoms with Crippen LogP contribution in [-0.4, -0.2) is 20.3 Å². The van der Waals surface area contributed by atoms with Crippen LogP contribution in [0.4, 0.5) is 0 Å². The van der Waals surface area contributed by atoms with Crippen molar-refractivity contribution in [2.24, 2.45) is 0 Å². The number of aromatic hydroxyl groups is 1. The van der Waals surface area contributed by atoms with Crippen molar-refractivity contribution in [3.63, 3.8) is 0 Å². The molecule has 0 unspecified atom stereocenters. The number of rotatable bonds is 2. The van der Waals surface area contributed by atoms with E-state index in [0.717, 1.165) is 0 Å². The molecule has 2 aromatic heterocycles. The molecule has 0 aliphatic heterocycles. The molecule has 0 fully saturated rings. The normalized spacial score (nSPS) is 10.8. The molecule has 15 heavy (non-hydrogen) atoms. The Bertz CT molecular complexity index is 533. The molecule has 0 bridgehead atoms. The van der Waals surface area contributed by atoms with Gasteiger partial charge in [-0.15, -0.1) is 0 Å². The number of imidazole rings is 1. The van der Waals surface area contributed by atoms with Gasteiger partial charge in [-0.05, 0) is 19.1 Å². The maximum Gasteiger partial charge on any atom is 0.197 e.